The molecular weight excluding hydrogens is 418 g/mol. The summed E-state index contributed by atoms with van der Waals surface area (Å²) in [6.45, 7) is 9.51. The number of ether oxygens (including phenoxy) is 1. The van der Waals surface area contributed by atoms with Gasteiger partial charge in [0.1, 0.15) is 18.2 Å². The summed E-state index contributed by atoms with van der Waals surface area (Å²) < 4.78 is 6.10. The van der Waals surface area contributed by atoms with Crippen molar-refractivity contribution in [1.82, 2.24) is 15.3 Å². The fraction of sp³-hybridized carbons (Fsp3) is 0.467. The van der Waals surface area contributed by atoms with Gasteiger partial charge in [-0.25, -0.2) is 9.97 Å². The highest BCUT2D eigenvalue weighted by Gasteiger charge is 2.38. The molecule has 178 valence electrons. The Morgan fingerprint density at radius 3 is 2.26 bits per heavy atom. The molecule has 34 heavy (non-hydrogen) atoms. The number of aryl methyl sites for hydroxylation is 1. The molecule has 0 radical (unpaired) electrons. The number of hydrogen-bond donors (Lipinski definition) is 1. The molecule has 0 amide bonds. The highest BCUT2D eigenvalue weighted by Crippen LogP contribution is 2.45. The highest BCUT2D eigenvalue weighted by molar-refractivity contribution is 5.40. The molecule has 1 aromatic heterocycles. The molecule has 4 nitrogen and oxygen atoms in total. The number of rotatable bonds is 6. The minimum atomic E-state index is -0.0546. The van der Waals surface area contributed by atoms with Gasteiger partial charge in [0.25, 0.3) is 0 Å². The molecular formula is C30H37N3O. The Balaban J connectivity index is 1.20. The smallest absolute Gasteiger partial charge is 0.131 e. The Labute approximate surface area is 204 Å². The van der Waals surface area contributed by atoms with Crippen LogP contribution in [0.3, 0.4) is 0 Å². The fourth-order valence-corrected chi connectivity index (χ4v) is 5.66. The number of nitrogens with one attached hydrogen (secondary N) is 1. The minimum Gasteiger partial charge on any atom is -0.487 e. The molecule has 1 spiro atoms. The largest absolute Gasteiger partial charge is 0.487 e. The zero-order valence-corrected chi connectivity index (χ0v) is 20.8. The van der Waals surface area contributed by atoms with Crippen LogP contribution in [0.4, 0.5) is 0 Å². The van der Waals surface area contributed by atoms with Crippen LogP contribution in [0.5, 0.6) is 5.75 Å². The van der Waals surface area contributed by atoms with Crippen molar-refractivity contribution in [3.63, 3.8) is 0 Å². The van der Waals surface area contributed by atoms with Gasteiger partial charge in [0.2, 0.25) is 0 Å². The predicted octanol–water partition coefficient (Wildman–Crippen LogP) is 6.33. The zero-order chi connectivity index (χ0) is 23.6. The van der Waals surface area contributed by atoms with E-state index in [1.54, 1.807) is 0 Å². The summed E-state index contributed by atoms with van der Waals surface area (Å²) in [6, 6.07) is 19.3. The standard InChI is InChI=1S/C30H37N3O/c1-22-4-6-24(7-5-22)29(2,3)25-8-10-27(11-9-25)34-20-26-14-18-32-28(33-26)23-12-15-30(16-13-23)17-19-31-21-30/h4-11,14,18,23,31H,12-13,15-17,19-21H2,1-3H3. The van der Waals surface area contributed by atoms with Crippen LogP contribution < -0.4 is 10.1 Å². The van der Waals surface area contributed by atoms with Crippen LogP contribution in [0.25, 0.3) is 0 Å². The molecule has 0 atom stereocenters. The Hall–Kier alpha value is -2.72. The molecule has 0 bridgehead atoms. The van der Waals surface area contributed by atoms with E-state index in [-0.39, 0.29) is 5.41 Å². The van der Waals surface area contributed by atoms with Crippen molar-refractivity contribution in [2.24, 2.45) is 5.41 Å². The lowest BCUT2D eigenvalue weighted by Crippen LogP contribution is -2.29. The van der Waals surface area contributed by atoms with Crippen LogP contribution >= 0.6 is 0 Å². The van der Waals surface area contributed by atoms with Gasteiger partial charge in [-0.05, 0) is 80.3 Å². The molecule has 2 aliphatic rings. The van der Waals surface area contributed by atoms with Crippen LogP contribution in [0.15, 0.2) is 60.8 Å². The highest BCUT2D eigenvalue weighted by atomic mass is 16.5. The number of nitrogens with zero attached hydrogens (tertiary/aromatic N) is 2. The lowest BCUT2D eigenvalue weighted by Gasteiger charge is -2.36. The van der Waals surface area contributed by atoms with E-state index in [1.807, 2.05) is 12.3 Å². The molecule has 1 saturated carbocycles. The maximum absolute atomic E-state index is 6.10. The van der Waals surface area contributed by atoms with Crippen molar-refractivity contribution in [2.45, 2.75) is 70.8 Å². The van der Waals surface area contributed by atoms with Gasteiger partial charge in [0.15, 0.2) is 0 Å². The fourth-order valence-electron chi connectivity index (χ4n) is 5.66. The molecule has 5 rings (SSSR count). The summed E-state index contributed by atoms with van der Waals surface area (Å²) in [5.74, 6) is 2.35. The number of benzene rings is 2. The molecule has 2 fully saturated rings. The minimum absolute atomic E-state index is 0.0546. The topological polar surface area (TPSA) is 47.0 Å². The molecule has 1 aliphatic carbocycles. The lowest BCUT2D eigenvalue weighted by molar-refractivity contribution is 0.195. The van der Waals surface area contributed by atoms with E-state index in [1.165, 1.54) is 61.9 Å². The Morgan fingerprint density at radius 1 is 0.941 bits per heavy atom. The molecule has 0 unspecified atom stereocenters. The summed E-state index contributed by atoms with van der Waals surface area (Å²) in [5.41, 5.74) is 5.32. The van der Waals surface area contributed by atoms with Crippen LogP contribution in [0.1, 0.15) is 80.1 Å². The molecule has 1 aliphatic heterocycles. The quantitative estimate of drug-likeness (QED) is 0.472. The molecule has 1 saturated heterocycles. The van der Waals surface area contributed by atoms with Crippen molar-refractivity contribution in [3.8, 4) is 5.75 Å². The summed E-state index contributed by atoms with van der Waals surface area (Å²) >= 11 is 0. The van der Waals surface area contributed by atoms with E-state index >= 15 is 0 Å². The molecule has 2 aromatic carbocycles. The predicted molar refractivity (Wildman–Crippen MR) is 137 cm³/mol. The second-order valence-electron chi connectivity index (χ2n) is 10.9. The van der Waals surface area contributed by atoms with Crippen molar-refractivity contribution < 1.29 is 4.74 Å². The zero-order valence-electron chi connectivity index (χ0n) is 20.8. The first-order chi connectivity index (χ1) is 16.4. The maximum atomic E-state index is 6.10. The van der Waals surface area contributed by atoms with E-state index < -0.39 is 0 Å². The van der Waals surface area contributed by atoms with E-state index in [0.29, 0.717) is 17.9 Å². The first-order valence-electron chi connectivity index (χ1n) is 12.8. The van der Waals surface area contributed by atoms with Crippen molar-refractivity contribution in [2.75, 3.05) is 13.1 Å². The van der Waals surface area contributed by atoms with Crippen LogP contribution in [0, 0.1) is 12.3 Å². The molecule has 1 N–H and O–H groups in total. The van der Waals surface area contributed by atoms with Gasteiger partial charge in [0, 0.05) is 24.1 Å². The van der Waals surface area contributed by atoms with E-state index in [9.17, 15) is 0 Å². The normalized spacial score (nSPS) is 22.7. The number of hydrogen-bond acceptors (Lipinski definition) is 4. The molecule has 3 aromatic rings. The maximum Gasteiger partial charge on any atom is 0.131 e. The van der Waals surface area contributed by atoms with E-state index in [4.69, 9.17) is 9.72 Å². The second-order valence-corrected chi connectivity index (χ2v) is 10.9. The van der Waals surface area contributed by atoms with Gasteiger partial charge in [-0.15, -0.1) is 0 Å². The van der Waals surface area contributed by atoms with Crippen molar-refractivity contribution >= 4 is 0 Å². The SMILES string of the molecule is Cc1ccc(C(C)(C)c2ccc(OCc3ccnc(C4CCC5(CCNC5)CC4)n3)cc2)cc1. The average molecular weight is 456 g/mol. The molecule has 4 heteroatoms. The first kappa shape index (κ1) is 23.0. The van der Waals surface area contributed by atoms with Crippen LogP contribution in [-0.4, -0.2) is 23.1 Å². The van der Waals surface area contributed by atoms with Gasteiger partial charge in [0.05, 0.1) is 5.69 Å². The Bertz CT molecular complexity index is 1090. The third kappa shape index (κ3) is 4.88. The average Bonchev–Trinajstić information content (AvgIpc) is 3.32. The monoisotopic (exact) mass is 455 g/mol. The Morgan fingerprint density at radius 2 is 1.62 bits per heavy atom. The third-order valence-corrected chi connectivity index (χ3v) is 8.21. The third-order valence-electron chi connectivity index (χ3n) is 8.21. The van der Waals surface area contributed by atoms with Crippen molar-refractivity contribution in [1.29, 1.82) is 0 Å². The van der Waals surface area contributed by atoms with Gasteiger partial charge in [-0.1, -0.05) is 55.8 Å². The van der Waals surface area contributed by atoms with Crippen LogP contribution in [0.2, 0.25) is 0 Å². The summed E-state index contributed by atoms with van der Waals surface area (Å²) in [7, 11) is 0. The number of aromatic nitrogens is 2. The molecule has 2 heterocycles. The van der Waals surface area contributed by atoms with Gasteiger partial charge >= 0.3 is 0 Å². The van der Waals surface area contributed by atoms with E-state index in [2.05, 4.69) is 79.6 Å². The summed E-state index contributed by atoms with van der Waals surface area (Å²) in [5, 5.41) is 3.55. The van der Waals surface area contributed by atoms with E-state index in [0.717, 1.165) is 17.3 Å². The van der Waals surface area contributed by atoms with Gasteiger partial charge in [-0.3, -0.25) is 0 Å². The second kappa shape index (κ2) is 9.50. The summed E-state index contributed by atoms with van der Waals surface area (Å²) in [6.07, 6.45) is 8.21. The summed E-state index contributed by atoms with van der Waals surface area (Å²) in [4.78, 5) is 9.50. The van der Waals surface area contributed by atoms with Crippen LogP contribution in [-0.2, 0) is 12.0 Å². The Kier molecular flexibility index (Phi) is 6.44. The van der Waals surface area contributed by atoms with Crippen molar-refractivity contribution in [3.05, 3.63) is 89.0 Å². The van der Waals surface area contributed by atoms with Gasteiger partial charge < -0.3 is 10.1 Å². The van der Waals surface area contributed by atoms with Gasteiger partial charge in [-0.2, -0.15) is 0 Å². The lowest BCUT2D eigenvalue weighted by atomic mass is 9.70. The first-order valence-corrected chi connectivity index (χ1v) is 12.8.